The van der Waals surface area contributed by atoms with E-state index in [1.807, 2.05) is 0 Å². The maximum absolute atomic E-state index is 11.1. The second kappa shape index (κ2) is 6.40. The lowest BCUT2D eigenvalue weighted by molar-refractivity contribution is -0.150. The Morgan fingerprint density at radius 3 is 2.27 bits per heavy atom. The fourth-order valence-electron chi connectivity index (χ4n) is 1.53. The number of methoxy groups -OCH3 is 1. The number of ether oxygens (including phenoxy) is 1. The van der Waals surface area contributed by atoms with Gasteiger partial charge in [-0.05, 0) is 13.8 Å². The highest BCUT2D eigenvalue weighted by Crippen LogP contribution is 2.13. The summed E-state index contributed by atoms with van der Waals surface area (Å²) in [6.07, 6.45) is 0.579. The van der Waals surface area contributed by atoms with Crippen LogP contribution in [-0.2, 0) is 14.3 Å². The van der Waals surface area contributed by atoms with Crippen molar-refractivity contribution in [3.05, 3.63) is 0 Å². The van der Waals surface area contributed by atoms with Crippen LogP contribution in [0, 0.1) is 5.92 Å². The summed E-state index contributed by atoms with van der Waals surface area (Å²) in [5.41, 5.74) is 0. The maximum Gasteiger partial charge on any atom is 0.326 e. The van der Waals surface area contributed by atoms with Gasteiger partial charge < -0.3 is 14.7 Å². The van der Waals surface area contributed by atoms with Gasteiger partial charge in [0.2, 0.25) is 6.41 Å². The van der Waals surface area contributed by atoms with E-state index in [2.05, 4.69) is 0 Å². The highest BCUT2D eigenvalue weighted by molar-refractivity contribution is 5.76. The molecule has 5 heteroatoms. The van der Waals surface area contributed by atoms with Crippen LogP contribution in [0.5, 0.6) is 0 Å². The second-order valence-corrected chi connectivity index (χ2v) is 3.86. The van der Waals surface area contributed by atoms with Crippen molar-refractivity contribution < 1.29 is 19.4 Å². The third kappa shape index (κ3) is 3.87. The third-order valence-corrected chi connectivity index (χ3v) is 2.26. The summed E-state index contributed by atoms with van der Waals surface area (Å²) in [6.45, 7) is 5.63. The van der Waals surface area contributed by atoms with Gasteiger partial charge in [0.25, 0.3) is 0 Å². The molecule has 0 saturated heterocycles. The number of hydrogen-bond acceptors (Lipinski definition) is 3. The fraction of sp³-hybridized carbons (Fsp3) is 0.800. The number of carboxylic acid groups (broad SMARTS) is 1. The van der Waals surface area contributed by atoms with Crippen LogP contribution < -0.4 is 0 Å². The van der Waals surface area contributed by atoms with Gasteiger partial charge in [-0.1, -0.05) is 6.92 Å². The Balaban J connectivity index is 4.76. The molecule has 0 aromatic carbocycles. The zero-order valence-electron chi connectivity index (χ0n) is 9.64. The molecule has 0 aromatic heterocycles. The predicted molar refractivity (Wildman–Crippen MR) is 55.5 cm³/mol. The van der Waals surface area contributed by atoms with Crippen molar-refractivity contribution >= 4 is 12.4 Å². The Morgan fingerprint density at radius 1 is 1.47 bits per heavy atom. The number of nitrogens with zero attached hydrogens (tertiary/aromatic N) is 1. The lowest BCUT2D eigenvalue weighted by atomic mass is 10.0. The molecule has 0 aliphatic carbocycles. The molecule has 0 aromatic rings. The summed E-state index contributed by atoms with van der Waals surface area (Å²) in [4.78, 5) is 23.2. The van der Waals surface area contributed by atoms with Gasteiger partial charge >= 0.3 is 5.97 Å². The minimum absolute atomic E-state index is 0.136. The Kier molecular flexibility index (Phi) is 5.93. The summed E-state index contributed by atoms with van der Waals surface area (Å²) in [7, 11) is 1.51. The second-order valence-electron chi connectivity index (χ2n) is 3.86. The predicted octanol–water partition coefficient (Wildman–Crippen LogP) is 0.589. The summed E-state index contributed by atoms with van der Waals surface area (Å²) in [5.74, 6) is -1.24. The first-order valence-corrected chi connectivity index (χ1v) is 4.90. The van der Waals surface area contributed by atoms with Gasteiger partial charge in [0.05, 0.1) is 6.61 Å². The lowest BCUT2D eigenvalue weighted by Crippen LogP contribution is -2.49. The number of carbonyl (C=O) groups excluding carboxylic acids is 1. The Morgan fingerprint density at radius 2 is 2.00 bits per heavy atom. The van der Waals surface area contributed by atoms with Crippen molar-refractivity contribution in [2.75, 3.05) is 13.7 Å². The molecular formula is C10H19NO4. The Labute approximate surface area is 90.0 Å². The summed E-state index contributed by atoms with van der Waals surface area (Å²) < 4.78 is 4.90. The van der Waals surface area contributed by atoms with Gasteiger partial charge in [-0.3, -0.25) is 4.79 Å². The third-order valence-electron chi connectivity index (χ3n) is 2.26. The SMILES string of the molecule is COCC(C)C(C(=O)O)N(C=O)C(C)C. The molecule has 0 bridgehead atoms. The maximum atomic E-state index is 11.1. The molecule has 0 rings (SSSR count). The molecule has 1 N–H and O–H groups in total. The van der Waals surface area contributed by atoms with Gasteiger partial charge in [-0.15, -0.1) is 0 Å². The minimum atomic E-state index is -1.000. The molecular weight excluding hydrogens is 198 g/mol. The number of carboxylic acids is 1. The van der Waals surface area contributed by atoms with E-state index in [1.54, 1.807) is 20.8 Å². The van der Waals surface area contributed by atoms with Gasteiger partial charge in [-0.2, -0.15) is 0 Å². The first-order chi connectivity index (χ1) is 6.95. The first-order valence-electron chi connectivity index (χ1n) is 4.90. The molecule has 88 valence electrons. The first kappa shape index (κ1) is 13.9. The highest BCUT2D eigenvalue weighted by atomic mass is 16.5. The van der Waals surface area contributed by atoms with Gasteiger partial charge in [0, 0.05) is 19.1 Å². The molecule has 0 aliphatic heterocycles. The van der Waals surface area contributed by atoms with Crippen LogP contribution >= 0.6 is 0 Å². The van der Waals surface area contributed by atoms with Gasteiger partial charge in [0.15, 0.2) is 0 Å². The molecule has 0 fully saturated rings. The number of aliphatic carboxylic acids is 1. The molecule has 0 heterocycles. The van der Waals surface area contributed by atoms with Crippen LogP contribution in [0.3, 0.4) is 0 Å². The number of hydrogen-bond donors (Lipinski definition) is 1. The van der Waals surface area contributed by atoms with Crippen molar-refractivity contribution in [2.45, 2.75) is 32.9 Å². The van der Waals surface area contributed by atoms with E-state index in [4.69, 9.17) is 9.84 Å². The van der Waals surface area contributed by atoms with E-state index in [0.29, 0.717) is 13.0 Å². The molecule has 2 atom stereocenters. The number of carbonyl (C=O) groups is 2. The van der Waals surface area contributed by atoms with E-state index in [9.17, 15) is 9.59 Å². The van der Waals surface area contributed by atoms with Crippen LogP contribution in [0.2, 0.25) is 0 Å². The van der Waals surface area contributed by atoms with Gasteiger partial charge in [-0.25, -0.2) is 4.79 Å². The standard InChI is InChI=1S/C10H19NO4/c1-7(2)11(6-12)9(10(13)14)8(3)5-15-4/h6-9H,5H2,1-4H3,(H,13,14). The molecule has 15 heavy (non-hydrogen) atoms. The number of amides is 1. The molecule has 1 amide bonds. The summed E-state index contributed by atoms with van der Waals surface area (Å²) >= 11 is 0. The topological polar surface area (TPSA) is 66.8 Å². The van der Waals surface area contributed by atoms with Crippen LogP contribution in [0.15, 0.2) is 0 Å². The Hall–Kier alpha value is -1.10. The van der Waals surface area contributed by atoms with E-state index < -0.39 is 12.0 Å². The smallest absolute Gasteiger partial charge is 0.326 e. The van der Waals surface area contributed by atoms with E-state index >= 15 is 0 Å². The van der Waals surface area contributed by atoms with Crippen molar-refractivity contribution in [3.63, 3.8) is 0 Å². The number of rotatable bonds is 7. The lowest BCUT2D eigenvalue weighted by Gasteiger charge is -2.32. The van der Waals surface area contributed by atoms with Crippen molar-refractivity contribution in [2.24, 2.45) is 5.92 Å². The minimum Gasteiger partial charge on any atom is -0.480 e. The van der Waals surface area contributed by atoms with Gasteiger partial charge in [0.1, 0.15) is 6.04 Å². The molecule has 0 radical (unpaired) electrons. The average molecular weight is 217 g/mol. The highest BCUT2D eigenvalue weighted by Gasteiger charge is 2.31. The largest absolute Gasteiger partial charge is 0.480 e. The van der Waals surface area contributed by atoms with E-state index in [-0.39, 0.29) is 12.0 Å². The van der Waals surface area contributed by atoms with Crippen molar-refractivity contribution in [1.29, 1.82) is 0 Å². The summed E-state index contributed by atoms with van der Waals surface area (Å²) in [5, 5.41) is 9.06. The van der Waals surface area contributed by atoms with Crippen LogP contribution in [0.4, 0.5) is 0 Å². The Bertz CT molecular complexity index is 217. The monoisotopic (exact) mass is 217 g/mol. The molecule has 0 saturated carbocycles. The van der Waals surface area contributed by atoms with Crippen molar-refractivity contribution in [3.8, 4) is 0 Å². The normalized spacial score (nSPS) is 14.7. The zero-order valence-corrected chi connectivity index (χ0v) is 9.64. The molecule has 5 nitrogen and oxygen atoms in total. The zero-order chi connectivity index (χ0) is 12.0. The molecule has 2 unspecified atom stereocenters. The van der Waals surface area contributed by atoms with Crippen LogP contribution in [0.1, 0.15) is 20.8 Å². The van der Waals surface area contributed by atoms with E-state index in [1.165, 1.54) is 12.0 Å². The molecule has 0 spiro atoms. The van der Waals surface area contributed by atoms with E-state index in [0.717, 1.165) is 0 Å². The van der Waals surface area contributed by atoms with Crippen molar-refractivity contribution in [1.82, 2.24) is 4.90 Å². The van der Waals surface area contributed by atoms with Crippen LogP contribution in [0.25, 0.3) is 0 Å². The fourth-order valence-corrected chi connectivity index (χ4v) is 1.53. The quantitative estimate of drug-likeness (QED) is 0.634. The molecule has 0 aliphatic rings. The average Bonchev–Trinajstić information content (AvgIpc) is 2.12. The summed E-state index contributed by atoms with van der Waals surface area (Å²) in [6, 6.07) is -0.967. The van der Waals surface area contributed by atoms with Crippen LogP contribution in [-0.4, -0.2) is 48.2 Å².